The van der Waals surface area contributed by atoms with E-state index < -0.39 is 6.43 Å². The van der Waals surface area contributed by atoms with Crippen molar-refractivity contribution in [1.82, 2.24) is 19.5 Å². The van der Waals surface area contributed by atoms with E-state index in [9.17, 15) is 18.0 Å². The number of aromatic nitrogens is 3. The molecule has 0 radical (unpaired) electrons. The zero-order valence-electron chi connectivity index (χ0n) is 15.6. The smallest absolute Gasteiger partial charge is 0.280 e. The lowest BCUT2D eigenvalue weighted by molar-refractivity contribution is 0.0737. The van der Waals surface area contributed by atoms with Crippen LogP contribution in [0.25, 0.3) is 5.65 Å². The molecule has 0 unspecified atom stereocenters. The molecule has 0 bridgehead atoms. The van der Waals surface area contributed by atoms with Gasteiger partial charge in [-0.1, -0.05) is 12.1 Å². The molecule has 29 heavy (non-hydrogen) atoms. The van der Waals surface area contributed by atoms with E-state index in [2.05, 4.69) is 10.1 Å². The van der Waals surface area contributed by atoms with Crippen LogP contribution in [-0.2, 0) is 0 Å². The number of halogens is 3. The Morgan fingerprint density at radius 2 is 2.00 bits per heavy atom. The highest BCUT2D eigenvalue weighted by Crippen LogP contribution is 2.40. The highest BCUT2D eigenvalue weighted by molar-refractivity contribution is 6.00. The third-order valence-corrected chi connectivity index (χ3v) is 5.72. The summed E-state index contributed by atoms with van der Waals surface area (Å²) in [5.74, 6) is -0.496. The van der Waals surface area contributed by atoms with Crippen LogP contribution in [0.2, 0.25) is 0 Å². The maximum atomic E-state index is 13.7. The molecule has 150 valence electrons. The third-order valence-electron chi connectivity index (χ3n) is 5.72. The van der Waals surface area contributed by atoms with Crippen molar-refractivity contribution in [1.29, 1.82) is 0 Å². The van der Waals surface area contributed by atoms with Crippen LogP contribution < -0.4 is 0 Å². The van der Waals surface area contributed by atoms with Crippen LogP contribution >= 0.6 is 0 Å². The summed E-state index contributed by atoms with van der Waals surface area (Å²) in [6, 6.07) is 7.36. The lowest BCUT2D eigenvalue weighted by Gasteiger charge is -2.24. The second kappa shape index (κ2) is 6.86. The van der Waals surface area contributed by atoms with Crippen molar-refractivity contribution in [2.45, 2.75) is 44.1 Å². The van der Waals surface area contributed by atoms with Crippen LogP contribution in [0.1, 0.15) is 71.4 Å². The summed E-state index contributed by atoms with van der Waals surface area (Å²) < 4.78 is 41.9. The highest BCUT2D eigenvalue weighted by atomic mass is 19.3. The fourth-order valence-corrected chi connectivity index (χ4v) is 4.13. The van der Waals surface area contributed by atoms with Gasteiger partial charge >= 0.3 is 0 Å². The van der Waals surface area contributed by atoms with Gasteiger partial charge in [-0.25, -0.2) is 22.7 Å². The first kappa shape index (κ1) is 18.1. The van der Waals surface area contributed by atoms with Crippen LogP contribution in [0, 0.1) is 5.82 Å². The minimum absolute atomic E-state index is 0.166. The van der Waals surface area contributed by atoms with E-state index in [0.29, 0.717) is 12.2 Å². The van der Waals surface area contributed by atoms with Crippen molar-refractivity contribution in [3.63, 3.8) is 0 Å². The molecule has 1 aliphatic heterocycles. The SMILES string of the molecule is O=C(c1cnn2c(C(F)F)cc(C3CC3)nc12)N1CCC[C@@H]1c1cccc(F)c1. The second-order valence-electron chi connectivity index (χ2n) is 7.69. The third kappa shape index (κ3) is 3.16. The second-order valence-corrected chi connectivity index (χ2v) is 7.69. The predicted octanol–water partition coefficient (Wildman–Crippen LogP) is 4.66. The number of rotatable bonds is 4. The van der Waals surface area contributed by atoms with Crippen LogP contribution in [-0.4, -0.2) is 31.9 Å². The molecule has 1 saturated carbocycles. The van der Waals surface area contributed by atoms with Crippen molar-refractivity contribution in [3.05, 3.63) is 64.9 Å². The van der Waals surface area contributed by atoms with Crippen LogP contribution in [0.4, 0.5) is 13.2 Å². The van der Waals surface area contributed by atoms with E-state index >= 15 is 0 Å². The van der Waals surface area contributed by atoms with E-state index in [0.717, 1.165) is 35.8 Å². The van der Waals surface area contributed by atoms with Crippen molar-refractivity contribution in [2.75, 3.05) is 6.54 Å². The van der Waals surface area contributed by atoms with Gasteiger partial charge in [-0.05, 0) is 49.4 Å². The lowest BCUT2D eigenvalue weighted by atomic mass is 10.0. The molecule has 2 aliphatic rings. The number of benzene rings is 1. The van der Waals surface area contributed by atoms with Gasteiger partial charge in [-0.15, -0.1) is 0 Å². The van der Waals surface area contributed by atoms with Gasteiger partial charge in [0.1, 0.15) is 17.1 Å². The monoisotopic (exact) mass is 400 g/mol. The minimum atomic E-state index is -2.72. The first-order chi connectivity index (χ1) is 14.0. The molecule has 3 heterocycles. The average Bonchev–Trinajstić information content (AvgIpc) is 3.28. The molecular weight excluding hydrogens is 381 g/mol. The number of hydrogen-bond donors (Lipinski definition) is 0. The molecule has 8 heteroatoms. The molecule has 5 nitrogen and oxygen atoms in total. The highest BCUT2D eigenvalue weighted by Gasteiger charge is 2.34. The largest absolute Gasteiger partial charge is 0.331 e. The Bertz CT molecular complexity index is 1090. The molecule has 5 rings (SSSR count). The van der Waals surface area contributed by atoms with Crippen LogP contribution in [0.3, 0.4) is 0 Å². The lowest BCUT2D eigenvalue weighted by Crippen LogP contribution is -2.30. The summed E-state index contributed by atoms with van der Waals surface area (Å²) in [5.41, 5.74) is 1.44. The van der Waals surface area contributed by atoms with E-state index in [1.54, 1.807) is 17.0 Å². The number of carbonyl (C=O) groups excluding carboxylic acids is 1. The molecular formula is C21H19F3N4O. The first-order valence-electron chi connectivity index (χ1n) is 9.76. The van der Waals surface area contributed by atoms with E-state index in [1.807, 2.05) is 0 Å². The van der Waals surface area contributed by atoms with E-state index in [4.69, 9.17) is 0 Å². The first-order valence-corrected chi connectivity index (χ1v) is 9.76. The number of amides is 1. The standard InChI is InChI=1S/C21H19F3N4O/c22-14-4-1-3-13(9-14)17-5-2-8-27(17)21(29)15-11-25-28-18(19(23)24)10-16(12-6-7-12)26-20(15)28/h1,3-4,9-12,17,19H,2,5-8H2/t17-/m1/s1. The van der Waals surface area contributed by atoms with Crippen LogP contribution in [0.15, 0.2) is 36.5 Å². The topological polar surface area (TPSA) is 50.5 Å². The van der Waals surface area contributed by atoms with Crippen molar-refractivity contribution < 1.29 is 18.0 Å². The summed E-state index contributed by atoms with van der Waals surface area (Å²) in [5, 5.41) is 4.03. The number of carbonyl (C=O) groups is 1. The fourth-order valence-electron chi connectivity index (χ4n) is 4.13. The van der Waals surface area contributed by atoms with Crippen molar-refractivity contribution >= 4 is 11.6 Å². The Hall–Kier alpha value is -2.90. The number of fused-ring (bicyclic) bond motifs is 1. The molecule has 0 spiro atoms. The molecule has 0 N–H and O–H groups in total. The Balaban J connectivity index is 1.55. The average molecular weight is 400 g/mol. The summed E-state index contributed by atoms with van der Waals surface area (Å²) >= 11 is 0. The molecule has 1 saturated heterocycles. The maximum absolute atomic E-state index is 13.7. The minimum Gasteiger partial charge on any atom is -0.331 e. The zero-order chi connectivity index (χ0) is 20.1. The Morgan fingerprint density at radius 3 is 2.72 bits per heavy atom. The Morgan fingerprint density at radius 1 is 1.17 bits per heavy atom. The fraction of sp³-hybridized carbons (Fsp3) is 0.381. The number of alkyl halides is 2. The Labute approximate surface area is 165 Å². The van der Waals surface area contributed by atoms with Crippen molar-refractivity contribution in [3.8, 4) is 0 Å². The number of nitrogens with zero attached hydrogens (tertiary/aromatic N) is 4. The van der Waals surface area contributed by atoms with E-state index in [1.165, 1.54) is 24.4 Å². The molecule has 1 atom stereocenters. The summed E-state index contributed by atoms with van der Waals surface area (Å²) in [6.45, 7) is 0.515. The van der Waals surface area contributed by atoms with Gasteiger partial charge in [-0.3, -0.25) is 4.79 Å². The maximum Gasteiger partial charge on any atom is 0.280 e. The van der Waals surface area contributed by atoms with Gasteiger partial charge in [0.05, 0.1) is 12.2 Å². The molecule has 2 fully saturated rings. The van der Waals surface area contributed by atoms with Gasteiger partial charge in [-0.2, -0.15) is 5.10 Å². The zero-order valence-corrected chi connectivity index (χ0v) is 15.6. The van der Waals surface area contributed by atoms with Gasteiger partial charge in [0.25, 0.3) is 12.3 Å². The molecule has 1 aromatic carbocycles. The summed E-state index contributed by atoms with van der Waals surface area (Å²) in [6.07, 6.45) is 1.93. The van der Waals surface area contributed by atoms with E-state index in [-0.39, 0.29) is 40.6 Å². The summed E-state index contributed by atoms with van der Waals surface area (Å²) in [4.78, 5) is 19.5. The molecule has 1 amide bonds. The van der Waals surface area contributed by atoms with Gasteiger partial charge in [0.2, 0.25) is 0 Å². The predicted molar refractivity (Wildman–Crippen MR) is 99.3 cm³/mol. The van der Waals surface area contributed by atoms with Gasteiger partial charge in [0.15, 0.2) is 5.65 Å². The molecule has 1 aliphatic carbocycles. The Kier molecular flexibility index (Phi) is 4.29. The summed E-state index contributed by atoms with van der Waals surface area (Å²) in [7, 11) is 0. The van der Waals surface area contributed by atoms with Gasteiger partial charge < -0.3 is 4.90 Å². The number of likely N-dealkylation sites (tertiary alicyclic amines) is 1. The van der Waals surface area contributed by atoms with Crippen molar-refractivity contribution in [2.24, 2.45) is 0 Å². The molecule has 3 aromatic rings. The van der Waals surface area contributed by atoms with Crippen LogP contribution in [0.5, 0.6) is 0 Å². The number of hydrogen-bond acceptors (Lipinski definition) is 3. The van der Waals surface area contributed by atoms with Gasteiger partial charge in [0, 0.05) is 18.2 Å². The normalized spacial score (nSPS) is 19.4. The quantitative estimate of drug-likeness (QED) is 0.640. The molecule has 2 aromatic heterocycles.